The number of carbonyl (C=O) groups excluding carboxylic acids is 3. The lowest BCUT2D eigenvalue weighted by Gasteiger charge is -2.37. The van der Waals surface area contributed by atoms with Crippen molar-refractivity contribution in [1.82, 2.24) is 4.90 Å². The number of ether oxygens (including phenoxy) is 1. The average Bonchev–Trinajstić information content (AvgIpc) is 3.46. The Kier molecular flexibility index (Phi) is 12.4. The van der Waals surface area contributed by atoms with Gasteiger partial charge in [-0.15, -0.1) is 4.36 Å². The number of piperazine rings is 1. The molecule has 282 valence electrons. The maximum atomic E-state index is 14.1. The number of fused-ring (bicyclic) bond motifs is 1. The van der Waals surface area contributed by atoms with Crippen LogP contribution >= 0.6 is 0 Å². The molecule has 17 heteroatoms. The summed E-state index contributed by atoms with van der Waals surface area (Å²) in [4.78, 5) is 43.6. The van der Waals surface area contributed by atoms with Gasteiger partial charge in [-0.1, -0.05) is 32.6 Å². The Morgan fingerprint density at radius 1 is 0.902 bits per heavy atom. The molecule has 51 heavy (non-hydrogen) atoms. The number of hydrogen-bond donors (Lipinski definition) is 1. The third kappa shape index (κ3) is 10.6. The van der Waals surface area contributed by atoms with E-state index in [-0.39, 0.29) is 34.9 Å². The maximum absolute atomic E-state index is 14.1. The molecule has 0 aromatic heterocycles. The Morgan fingerprint density at radius 2 is 1.57 bits per heavy atom. The Bertz CT molecular complexity index is 1860. The normalized spacial score (nSPS) is 16.4. The zero-order valence-corrected chi connectivity index (χ0v) is 31.2. The summed E-state index contributed by atoms with van der Waals surface area (Å²) in [5.74, 6) is -3.16. The molecule has 0 saturated carbocycles. The van der Waals surface area contributed by atoms with Crippen LogP contribution in [0.2, 0.25) is 0 Å². The van der Waals surface area contributed by atoms with Crippen molar-refractivity contribution < 1.29 is 44.9 Å². The Morgan fingerprint density at radius 3 is 2.18 bits per heavy atom. The van der Waals surface area contributed by atoms with Gasteiger partial charge < -0.3 is 19.4 Å². The van der Waals surface area contributed by atoms with Crippen LogP contribution in [-0.4, -0.2) is 91.9 Å². The van der Waals surface area contributed by atoms with E-state index in [9.17, 15) is 40.2 Å². The summed E-state index contributed by atoms with van der Waals surface area (Å²) in [7, 11) is -7.56. The second kappa shape index (κ2) is 15.8. The highest BCUT2D eigenvalue weighted by Crippen LogP contribution is 2.35. The van der Waals surface area contributed by atoms with Crippen LogP contribution in [-0.2, 0) is 35.7 Å². The standard InChI is InChI=1S/C34H46F3N5O7S2/c1-6-7-8-9-10-21-51(48,39-31(44)34(35,36)37)26-12-14-29-24(22-26)15-16-42(29)30(43)27-23-25(11-13-28(27)38-50(5,46)47)40-17-19-41(20-18-40)32(45)49-33(2,3)4/h11-14,22-23,38H,6-10,15-21H2,1-5H3. The highest BCUT2D eigenvalue weighted by atomic mass is 32.2. The van der Waals surface area contributed by atoms with Gasteiger partial charge in [0.25, 0.3) is 5.91 Å². The molecule has 3 amide bonds. The van der Waals surface area contributed by atoms with Gasteiger partial charge in [0.2, 0.25) is 10.0 Å². The van der Waals surface area contributed by atoms with Crippen LogP contribution in [0.3, 0.4) is 0 Å². The lowest BCUT2D eigenvalue weighted by atomic mass is 10.1. The number of alkyl halides is 3. The first kappa shape index (κ1) is 39.9. The summed E-state index contributed by atoms with van der Waals surface area (Å²) in [5, 5.41) is 0. The van der Waals surface area contributed by atoms with E-state index in [4.69, 9.17) is 4.74 Å². The van der Waals surface area contributed by atoms with Gasteiger partial charge >= 0.3 is 18.2 Å². The van der Waals surface area contributed by atoms with E-state index in [1.54, 1.807) is 37.8 Å². The van der Waals surface area contributed by atoms with Crippen LogP contribution in [0, 0.1) is 0 Å². The fourth-order valence-corrected chi connectivity index (χ4v) is 8.49. The fraction of sp³-hybridized carbons (Fsp3) is 0.559. The first-order chi connectivity index (χ1) is 23.7. The molecule has 1 unspecified atom stereocenters. The van der Waals surface area contributed by atoms with Gasteiger partial charge in [-0.3, -0.25) is 14.3 Å². The van der Waals surface area contributed by atoms with E-state index < -0.39 is 49.4 Å². The number of rotatable bonds is 11. The molecule has 1 fully saturated rings. The van der Waals surface area contributed by atoms with Gasteiger partial charge in [-0.05, 0) is 75.6 Å². The molecule has 2 aliphatic heterocycles. The van der Waals surface area contributed by atoms with Crippen LogP contribution in [0.15, 0.2) is 45.7 Å². The summed E-state index contributed by atoms with van der Waals surface area (Å²) in [6, 6.07) is 9.02. The number of sulfonamides is 1. The van der Waals surface area contributed by atoms with E-state index in [2.05, 4.69) is 9.08 Å². The number of unbranched alkanes of at least 4 members (excludes halogenated alkanes) is 4. The minimum Gasteiger partial charge on any atom is -0.444 e. The Balaban J connectivity index is 1.62. The van der Waals surface area contributed by atoms with E-state index in [0.29, 0.717) is 56.0 Å². The summed E-state index contributed by atoms with van der Waals surface area (Å²) in [6.45, 7) is 9.12. The number of nitrogens with zero attached hydrogens (tertiary/aromatic N) is 4. The van der Waals surface area contributed by atoms with Gasteiger partial charge in [-0.2, -0.15) is 13.2 Å². The lowest BCUT2D eigenvalue weighted by molar-refractivity contribution is -0.169. The number of halogens is 3. The van der Waals surface area contributed by atoms with E-state index in [0.717, 1.165) is 25.5 Å². The summed E-state index contributed by atoms with van der Waals surface area (Å²) in [6.07, 6.45) is -0.864. The van der Waals surface area contributed by atoms with Gasteiger partial charge in [0.1, 0.15) is 5.60 Å². The number of anilines is 3. The predicted molar refractivity (Wildman–Crippen MR) is 190 cm³/mol. The molecule has 12 nitrogen and oxygen atoms in total. The molecular weight excluding hydrogens is 712 g/mol. The fourth-order valence-electron chi connectivity index (χ4n) is 5.90. The van der Waals surface area contributed by atoms with Crippen LogP contribution < -0.4 is 14.5 Å². The molecule has 2 heterocycles. The molecule has 2 aliphatic rings. The smallest absolute Gasteiger partial charge is 0.444 e. The SMILES string of the molecule is CCCCCCCS(=O)(=NC(=O)C(F)(F)F)c1ccc2c(c1)CCN2C(=O)c1cc(N2CCN(C(=O)OC(C)(C)C)CC2)ccc1NS(C)(=O)=O. The first-order valence-corrected chi connectivity index (χ1v) is 20.4. The molecule has 0 aliphatic carbocycles. The van der Waals surface area contributed by atoms with Crippen LogP contribution in [0.4, 0.5) is 35.0 Å². The molecular formula is C34H46F3N5O7S2. The summed E-state index contributed by atoms with van der Waals surface area (Å²) >= 11 is 0. The zero-order valence-electron chi connectivity index (χ0n) is 29.5. The maximum Gasteiger partial charge on any atom is 0.474 e. The van der Waals surface area contributed by atoms with Crippen LogP contribution in [0.25, 0.3) is 0 Å². The minimum atomic E-state index is -5.28. The molecule has 2 aromatic rings. The van der Waals surface area contributed by atoms with Gasteiger partial charge in [0.05, 0.1) is 27.2 Å². The van der Waals surface area contributed by atoms with Crippen molar-refractivity contribution in [2.24, 2.45) is 4.36 Å². The van der Waals surface area contributed by atoms with E-state index in [1.165, 1.54) is 29.2 Å². The van der Waals surface area contributed by atoms with Crippen molar-refractivity contribution in [3.8, 4) is 0 Å². The highest BCUT2D eigenvalue weighted by Gasteiger charge is 2.40. The molecule has 0 spiro atoms. The summed E-state index contributed by atoms with van der Waals surface area (Å²) in [5.41, 5.74) is 1.05. The highest BCUT2D eigenvalue weighted by molar-refractivity contribution is 7.94. The number of nitrogens with one attached hydrogen (secondary N) is 1. The molecule has 1 saturated heterocycles. The van der Waals surface area contributed by atoms with Crippen molar-refractivity contribution in [2.75, 3.05) is 59.3 Å². The number of carbonyl (C=O) groups is 3. The van der Waals surface area contributed by atoms with Crippen LogP contribution in [0.5, 0.6) is 0 Å². The Hall–Kier alpha value is -3.86. The number of hydrogen-bond acceptors (Lipinski definition) is 8. The molecule has 0 bridgehead atoms. The number of amides is 3. The molecule has 0 radical (unpaired) electrons. The van der Waals surface area contributed by atoms with Crippen molar-refractivity contribution in [2.45, 2.75) is 82.9 Å². The predicted octanol–water partition coefficient (Wildman–Crippen LogP) is 6.20. The monoisotopic (exact) mass is 757 g/mol. The van der Waals surface area contributed by atoms with Gasteiger partial charge in [0.15, 0.2) is 0 Å². The minimum absolute atomic E-state index is 0.0180. The molecule has 1 atom stereocenters. The topological polar surface area (TPSA) is 146 Å². The van der Waals surface area contributed by atoms with Gasteiger partial charge in [-0.25, -0.2) is 17.4 Å². The zero-order chi connectivity index (χ0) is 37.8. The van der Waals surface area contributed by atoms with Gasteiger partial charge in [0, 0.05) is 54.7 Å². The number of benzene rings is 2. The third-order valence-corrected chi connectivity index (χ3v) is 11.3. The van der Waals surface area contributed by atoms with Crippen molar-refractivity contribution in [3.63, 3.8) is 0 Å². The lowest BCUT2D eigenvalue weighted by Crippen LogP contribution is -2.50. The van der Waals surface area contributed by atoms with Crippen molar-refractivity contribution in [1.29, 1.82) is 0 Å². The van der Waals surface area contributed by atoms with E-state index >= 15 is 0 Å². The summed E-state index contributed by atoms with van der Waals surface area (Å²) < 4.78 is 89.2. The largest absolute Gasteiger partial charge is 0.474 e. The second-order valence-electron chi connectivity index (χ2n) is 13.7. The average molecular weight is 758 g/mol. The van der Waals surface area contributed by atoms with E-state index in [1.807, 2.05) is 11.8 Å². The molecule has 2 aromatic carbocycles. The molecule has 1 N–H and O–H groups in total. The first-order valence-electron chi connectivity index (χ1n) is 16.9. The quantitative estimate of drug-likeness (QED) is 0.267. The Labute approximate surface area is 297 Å². The second-order valence-corrected chi connectivity index (χ2v) is 17.8. The van der Waals surface area contributed by atoms with Crippen molar-refractivity contribution >= 4 is 54.7 Å². The van der Waals surface area contributed by atoms with Crippen molar-refractivity contribution in [3.05, 3.63) is 47.5 Å². The third-order valence-electron chi connectivity index (χ3n) is 8.38. The molecule has 4 rings (SSSR count). The van der Waals surface area contributed by atoms with Crippen LogP contribution in [0.1, 0.15) is 75.7 Å².